The van der Waals surface area contributed by atoms with Crippen LogP contribution in [0.25, 0.3) is 4.85 Å². The van der Waals surface area contributed by atoms with Gasteiger partial charge in [0.05, 0.1) is 6.57 Å². The molecular formula is C8HF4NO2. The van der Waals surface area contributed by atoms with E-state index >= 15 is 0 Å². The summed E-state index contributed by atoms with van der Waals surface area (Å²) in [5, 5.41) is 8.31. The van der Waals surface area contributed by atoms with Gasteiger partial charge in [-0.25, -0.2) is 27.2 Å². The van der Waals surface area contributed by atoms with E-state index in [1.165, 1.54) is 0 Å². The van der Waals surface area contributed by atoms with Crippen molar-refractivity contribution in [3.05, 3.63) is 40.2 Å². The van der Waals surface area contributed by atoms with Crippen LogP contribution < -0.4 is 0 Å². The minimum atomic E-state index is -2.18. The summed E-state index contributed by atoms with van der Waals surface area (Å²) in [5.74, 6) is -10.4. The van der Waals surface area contributed by atoms with E-state index in [-0.39, 0.29) is 0 Å². The molecule has 78 valence electrons. The lowest BCUT2D eigenvalue weighted by atomic mass is 10.1. The fourth-order valence-corrected chi connectivity index (χ4v) is 0.907. The van der Waals surface area contributed by atoms with Gasteiger partial charge in [-0.3, -0.25) is 0 Å². The predicted molar refractivity (Wildman–Crippen MR) is 39.5 cm³/mol. The number of hydrogen-bond acceptors (Lipinski definition) is 1. The first-order chi connectivity index (χ1) is 6.91. The van der Waals surface area contributed by atoms with Crippen LogP contribution >= 0.6 is 0 Å². The van der Waals surface area contributed by atoms with Crippen molar-refractivity contribution in [1.82, 2.24) is 0 Å². The zero-order chi connectivity index (χ0) is 11.7. The Morgan fingerprint density at radius 1 is 1.07 bits per heavy atom. The van der Waals surface area contributed by atoms with Crippen LogP contribution in [0, 0.1) is 29.8 Å². The minimum absolute atomic E-state index is 1.48. The van der Waals surface area contributed by atoms with E-state index in [0.717, 1.165) is 0 Å². The molecule has 15 heavy (non-hydrogen) atoms. The third-order valence-electron chi connectivity index (χ3n) is 1.57. The summed E-state index contributed by atoms with van der Waals surface area (Å²) in [6, 6.07) is 0. The standard InChI is InChI=1S/C8HF4NO2/c1-13-7-4(10)2(8(14)15)3(9)5(11)6(7)12/h(H,14,15). The minimum Gasteiger partial charge on any atom is -0.478 e. The van der Waals surface area contributed by atoms with Crippen LogP contribution in [0.3, 0.4) is 0 Å². The van der Waals surface area contributed by atoms with Gasteiger partial charge in [0.15, 0.2) is 23.3 Å². The second-order valence-electron chi connectivity index (χ2n) is 2.40. The zero-order valence-electron chi connectivity index (χ0n) is 6.81. The van der Waals surface area contributed by atoms with Crippen LogP contribution in [0.1, 0.15) is 10.4 Å². The molecule has 0 radical (unpaired) electrons. The Bertz CT molecular complexity index is 493. The number of carboxylic acids is 1. The first kappa shape index (κ1) is 11.0. The third kappa shape index (κ3) is 1.50. The molecule has 0 aromatic heterocycles. The van der Waals surface area contributed by atoms with Gasteiger partial charge in [0.25, 0.3) is 5.69 Å². The molecule has 0 bridgehead atoms. The number of hydrogen-bond donors (Lipinski definition) is 1. The van der Waals surface area contributed by atoms with Gasteiger partial charge in [0.1, 0.15) is 5.56 Å². The fraction of sp³-hybridized carbons (Fsp3) is 0. The average Bonchev–Trinajstić information content (AvgIpc) is 2.15. The van der Waals surface area contributed by atoms with E-state index in [9.17, 15) is 22.4 Å². The summed E-state index contributed by atoms with van der Waals surface area (Å²) in [7, 11) is 0. The van der Waals surface area contributed by atoms with Crippen LogP contribution in [0.4, 0.5) is 23.2 Å². The molecule has 0 saturated carbocycles. The number of carbonyl (C=O) groups is 1. The average molecular weight is 219 g/mol. The summed E-state index contributed by atoms with van der Waals surface area (Å²) in [6.07, 6.45) is 0. The number of aromatic carboxylic acids is 1. The smallest absolute Gasteiger partial charge is 0.340 e. The maximum atomic E-state index is 13.0. The summed E-state index contributed by atoms with van der Waals surface area (Å²) in [5.41, 5.74) is -3.16. The largest absolute Gasteiger partial charge is 0.478 e. The Kier molecular flexibility index (Phi) is 2.61. The molecule has 0 fully saturated rings. The molecule has 0 atom stereocenters. The highest BCUT2D eigenvalue weighted by Gasteiger charge is 2.29. The van der Waals surface area contributed by atoms with E-state index in [0.29, 0.717) is 0 Å². The van der Waals surface area contributed by atoms with Crippen LogP contribution in [0.5, 0.6) is 0 Å². The molecule has 7 heteroatoms. The Balaban J connectivity index is 3.78. The molecular weight excluding hydrogens is 218 g/mol. The van der Waals surface area contributed by atoms with Crippen LogP contribution in [-0.2, 0) is 0 Å². The monoisotopic (exact) mass is 219 g/mol. The lowest BCUT2D eigenvalue weighted by Gasteiger charge is -2.04. The molecule has 0 aliphatic heterocycles. The first-order valence-electron chi connectivity index (χ1n) is 3.38. The molecule has 0 saturated heterocycles. The van der Waals surface area contributed by atoms with Gasteiger partial charge in [-0.05, 0) is 0 Å². The molecule has 0 spiro atoms. The van der Waals surface area contributed by atoms with E-state index in [4.69, 9.17) is 11.7 Å². The molecule has 1 aromatic carbocycles. The lowest BCUT2D eigenvalue weighted by Crippen LogP contribution is -2.09. The highest BCUT2D eigenvalue weighted by Crippen LogP contribution is 2.30. The van der Waals surface area contributed by atoms with Crippen molar-refractivity contribution in [3.63, 3.8) is 0 Å². The van der Waals surface area contributed by atoms with E-state index in [2.05, 4.69) is 4.85 Å². The molecule has 0 aliphatic rings. The Hall–Kier alpha value is -2.10. The molecule has 3 nitrogen and oxygen atoms in total. The molecule has 0 amide bonds. The number of carboxylic acid groups (broad SMARTS) is 1. The fourth-order valence-electron chi connectivity index (χ4n) is 0.907. The van der Waals surface area contributed by atoms with Crippen molar-refractivity contribution < 1.29 is 27.5 Å². The molecule has 1 rings (SSSR count). The second-order valence-corrected chi connectivity index (χ2v) is 2.40. The van der Waals surface area contributed by atoms with Gasteiger partial charge in [-0.15, -0.1) is 0 Å². The van der Waals surface area contributed by atoms with Gasteiger partial charge in [-0.2, -0.15) is 0 Å². The molecule has 0 aliphatic carbocycles. The molecule has 0 unspecified atom stereocenters. The van der Waals surface area contributed by atoms with Crippen molar-refractivity contribution >= 4 is 11.7 Å². The number of nitrogens with zero attached hydrogens (tertiary/aromatic N) is 1. The summed E-state index contributed by atoms with van der Waals surface area (Å²) >= 11 is 0. The van der Waals surface area contributed by atoms with Crippen molar-refractivity contribution in [2.24, 2.45) is 0 Å². The molecule has 1 aromatic rings. The van der Waals surface area contributed by atoms with Crippen molar-refractivity contribution in [3.8, 4) is 0 Å². The zero-order valence-corrected chi connectivity index (χ0v) is 6.81. The highest BCUT2D eigenvalue weighted by molar-refractivity contribution is 5.89. The van der Waals surface area contributed by atoms with Gasteiger partial charge in [0.2, 0.25) is 0 Å². The second kappa shape index (κ2) is 3.57. The Labute approximate surface area is 80.4 Å². The van der Waals surface area contributed by atoms with E-state index < -0.39 is 40.5 Å². The molecule has 0 heterocycles. The van der Waals surface area contributed by atoms with Crippen molar-refractivity contribution in [2.75, 3.05) is 0 Å². The number of rotatable bonds is 1. The van der Waals surface area contributed by atoms with Gasteiger partial charge in [-0.1, -0.05) is 0 Å². The first-order valence-corrected chi connectivity index (χ1v) is 3.38. The van der Waals surface area contributed by atoms with Gasteiger partial charge >= 0.3 is 5.97 Å². The van der Waals surface area contributed by atoms with Gasteiger partial charge in [0, 0.05) is 0 Å². The van der Waals surface area contributed by atoms with Crippen LogP contribution in [0.15, 0.2) is 0 Å². The molecule has 1 N–H and O–H groups in total. The predicted octanol–water partition coefficient (Wildman–Crippen LogP) is 2.49. The normalized spacial score (nSPS) is 9.80. The third-order valence-corrected chi connectivity index (χ3v) is 1.57. The Morgan fingerprint density at radius 3 is 2.00 bits per heavy atom. The van der Waals surface area contributed by atoms with Crippen LogP contribution in [-0.4, -0.2) is 11.1 Å². The highest BCUT2D eigenvalue weighted by atomic mass is 19.2. The van der Waals surface area contributed by atoms with E-state index in [1.54, 1.807) is 0 Å². The van der Waals surface area contributed by atoms with Crippen molar-refractivity contribution in [1.29, 1.82) is 0 Å². The van der Waals surface area contributed by atoms with Crippen molar-refractivity contribution in [2.45, 2.75) is 0 Å². The summed E-state index contributed by atoms with van der Waals surface area (Å²) in [4.78, 5) is 12.5. The van der Waals surface area contributed by atoms with Gasteiger partial charge < -0.3 is 5.11 Å². The number of benzene rings is 1. The Morgan fingerprint density at radius 2 is 1.60 bits per heavy atom. The SMILES string of the molecule is [C-]#[N+]c1c(F)c(F)c(F)c(C(=O)O)c1F. The number of halogens is 4. The topological polar surface area (TPSA) is 41.7 Å². The maximum absolute atomic E-state index is 13.0. The quantitative estimate of drug-likeness (QED) is 0.341. The summed E-state index contributed by atoms with van der Waals surface area (Å²) < 4.78 is 51.1. The van der Waals surface area contributed by atoms with E-state index in [1.807, 2.05) is 0 Å². The summed E-state index contributed by atoms with van der Waals surface area (Å²) in [6.45, 7) is 6.29. The lowest BCUT2D eigenvalue weighted by molar-refractivity contribution is 0.0685. The van der Waals surface area contributed by atoms with Crippen LogP contribution in [0.2, 0.25) is 0 Å². The maximum Gasteiger partial charge on any atom is 0.340 e.